The number of ether oxygens (including phenoxy) is 1. The maximum Gasteiger partial charge on any atom is 0.330 e. The van der Waals surface area contributed by atoms with Crippen LogP contribution in [0.4, 0.5) is 4.39 Å². The van der Waals surface area contributed by atoms with Crippen LogP contribution in [0.15, 0.2) is 19.9 Å². The Bertz CT molecular complexity index is 628. The van der Waals surface area contributed by atoms with Crippen molar-refractivity contribution in [3.05, 3.63) is 36.7 Å². The number of aromatic amines is 1. The van der Waals surface area contributed by atoms with E-state index in [9.17, 15) is 19.1 Å². The van der Waals surface area contributed by atoms with Gasteiger partial charge >= 0.3 is 5.69 Å². The maximum absolute atomic E-state index is 13.9. The predicted octanol–water partition coefficient (Wildman–Crippen LogP) is -0.469. The topological polar surface area (TPSA) is 105 Å². The van der Waals surface area contributed by atoms with Crippen LogP contribution in [0.2, 0.25) is 0 Å². The maximum atomic E-state index is 13.9. The van der Waals surface area contributed by atoms with E-state index >= 15 is 0 Å². The van der Waals surface area contributed by atoms with E-state index in [4.69, 9.17) is 9.84 Å². The van der Waals surface area contributed by atoms with Crippen molar-refractivity contribution < 1.29 is 19.3 Å². The van der Waals surface area contributed by atoms with E-state index in [1.807, 2.05) is 27.6 Å². The zero-order valence-corrected chi connectivity index (χ0v) is 12.2. The molecule has 1 aliphatic rings. The molecule has 110 valence electrons. The van der Waals surface area contributed by atoms with Crippen LogP contribution in [0.25, 0.3) is 6.08 Å². The van der Waals surface area contributed by atoms with Gasteiger partial charge in [0.05, 0.1) is 12.2 Å². The molecule has 1 fully saturated rings. The summed E-state index contributed by atoms with van der Waals surface area (Å²) in [5, 5.41) is 18.5. The number of aliphatic hydroxyl groups is 2. The molecule has 1 saturated heterocycles. The third-order valence-electron chi connectivity index (χ3n) is 2.99. The quantitative estimate of drug-likeness (QED) is 0.598. The lowest BCUT2D eigenvalue weighted by molar-refractivity contribution is -0.0491. The summed E-state index contributed by atoms with van der Waals surface area (Å²) in [5.74, 6) is 0. The summed E-state index contributed by atoms with van der Waals surface area (Å²) < 4.78 is 21.5. The third kappa shape index (κ3) is 2.71. The fourth-order valence-electron chi connectivity index (χ4n) is 1.95. The van der Waals surface area contributed by atoms with Crippen molar-refractivity contribution in [2.75, 3.05) is 6.61 Å². The third-order valence-corrected chi connectivity index (χ3v) is 3.35. The number of hydrogen-bond acceptors (Lipinski definition) is 5. The Morgan fingerprint density at radius 3 is 2.80 bits per heavy atom. The molecule has 2 rings (SSSR count). The summed E-state index contributed by atoms with van der Waals surface area (Å²) in [6.07, 6.45) is -3.33. The lowest BCUT2D eigenvalue weighted by Gasteiger charge is -2.16. The highest BCUT2D eigenvalue weighted by molar-refractivity contribution is 14.1. The number of aliphatic hydroxyl groups excluding tert-OH is 2. The van der Waals surface area contributed by atoms with Gasteiger partial charge in [-0.05, 0) is 10.2 Å². The van der Waals surface area contributed by atoms with Crippen LogP contribution in [0, 0.1) is 0 Å². The van der Waals surface area contributed by atoms with Gasteiger partial charge in [0.2, 0.25) is 0 Å². The predicted molar refractivity (Wildman–Crippen MR) is 76.3 cm³/mol. The number of H-pyrrole nitrogens is 1. The van der Waals surface area contributed by atoms with Gasteiger partial charge in [-0.1, -0.05) is 22.6 Å². The summed E-state index contributed by atoms with van der Waals surface area (Å²) in [6, 6.07) is 0. The van der Waals surface area contributed by atoms with Crippen LogP contribution in [-0.2, 0) is 4.74 Å². The van der Waals surface area contributed by atoms with Gasteiger partial charge in [0.1, 0.15) is 12.2 Å². The molecule has 9 heteroatoms. The fourth-order valence-corrected chi connectivity index (χ4v) is 2.34. The number of alkyl halides is 1. The smallest absolute Gasteiger partial charge is 0.330 e. The van der Waals surface area contributed by atoms with Gasteiger partial charge in [0.25, 0.3) is 5.56 Å². The van der Waals surface area contributed by atoms with E-state index in [1.165, 1.54) is 6.08 Å². The van der Waals surface area contributed by atoms with E-state index in [1.54, 1.807) is 4.08 Å². The lowest BCUT2D eigenvalue weighted by Crippen LogP contribution is -2.36. The summed E-state index contributed by atoms with van der Waals surface area (Å²) in [5.41, 5.74) is -1.30. The average Bonchev–Trinajstić information content (AvgIpc) is 2.70. The molecule has 0 spiro atoms. The van der Waals surface area contributed by atoms with Crippen LogP contribution in [-0.4, -0.2) is 44.8 Å². The highest BCUT2D eigenvalue weighted by Crippen LogP contribution is 2.30. The van der Waals surface area contributed by atoms with Crippen molar-refractivity contribution in [3.8, 4) is 0 Å². The molecule has 0 amide bonds. The molecule has 0 aliphatic carbocycles. The summed E-state index contributed by atoms with van der Waals surface area (Å²) in [7, 11) is 0. The van der Waals surface area contributed by atoms with E-state index in [0.29, 0.717) is 0 Å². The monoisotopic (exact) mass is 398 g/mol. The highest BCUT2D eigenvalue weighted by Gasteiger charge is 2.45. The minimum absolute atomic E-state index is 0.150. The van der Waals surface area contributed by atoms with E-state index in [-0.39, 0.29) is 5.56 Å². The first-order valence-corrected chi connectivity index (χ1v) is 6.95. The highest BCUT2D eigenvalue weighted by atomic mass is 127. The Morgan fingerprint density at radius 2 is 2.25 bits per heavy atom. The molecule has 7 nitrogen and oxygen atoms in total. The molecule has 2 heterocycles. The molecule has 3 N–H and O–H groups in total. The first-order chi connectivity index (χ1) is 9.49. The van der Waals surface area contributed by atoms with E-state index < -0.39 is 42.5 Å². The van der Waals surface area contributed by atoms with Crippen LogP contribution in [0.3, 0.4) is 0 Å². The van der Waals surface area contributed by atoms with E-state index in [2.05, 4.69) is 0 Å². The van der Waals surface area contributed by atoms with Gasteiger partial charge in [-0.15, -0.1) is 0 Å². The van der Waals surface area contributed by atoms with Gasteiger partial charge in [-0.2, -0.15) is 0 Å². The van der Waals surface area contributed by atoms with Crippen molar-refractivity contribution in [3.63, 3.8) is 0 Å². The molecule has 0 bridgehead atoms. The van der Waals surface area contributed by atoms with Crippen molar-refractivity contribution in [2.45, 2.75) is 24.6 Å². The number of hydrogen-bond donors (Lipinski definition) is 3. The van der Waals surface area contributed by atoms with Gasteiger partial charge in [-0.25, -0.2) is 9.18 Å². The Kier molecular flexibility index (Phi) is 4.73. The zero-order valence-electron chi connectivity index (χ0n) is 10.1. The molecule has 1 aromatic rings. The number of aromatic nitrogens is 2. The van der Waals surface area contributed by atoms with Gasteiger partial charge in [-0.3, -0.25) is 14.3 Å². The van der Waals surface area contributed by atoms with Crippen LogP contribution < -0.4 is 11.2 Å². The minimum Gasteiger partial charge on any atom is -0.394 e. The second-order valence-corrected chi connectivity index (χ2v) is 4.95. The average molecular weight is 398 g/mol. The van der Waals surface area contributed by atoms with Crippen molar-refractivity contribution >= 4 is 28.7 Å². The largest absolute Gasteiger partial charge is 0.394 e. The normalized spacial score (nSPS) is 30.2. The number of nitrogens with zero attached hydrogens (tertiary/aromatic N) is 1. The lowest BCUT2D eigenvalue weighted by atomic mass is 10.1. The van der Waals surface area contributed by atoms with Gasteiger partial charge < -0.3 is 14.9 Å². The molecule has 0 radical (unpaired) electrons. The Labute approximate surface area is 125 Å². The molecule has 4 unspecified atom stereocenters. The van der Waals surface area contributed by atoms with Crippen molar-refractivity contribution in [1.29, 1.82) is 0 Å². The number of halogens is 2. The minimum atomic E-state index is -1.88. The molecule has 20 heavy (non-hydrogen) atoms. The van der Waals surface area contributed by atoms with Crippen LogP contribution >= 0.6 is 22.6 Å². The molecule has 1 aromatic heterocycles. The summed E-state index contributed by atoms with van der Waals surface area (Å²) in [4.78, 5) is 25.3. The molecule has 1 aliphatic heterocycles. The Morgan fingerprint density at radius 1 is 1.55 bits per heavy atom. The van der Waals surface area contributed by atoms with Gasteiger partial charge in [0, 0.05) is 6.20 Å². The van der Waals surface area contributed by atoms with Crippen LogP contribution in [0.5, 0.6) is 0 Å². The molecular formula is C11H12FIN2O5. The fraction of sp³-hybridized carbons (Fsp3) is 0.455. The molecule has 0 aromatic carbocycles. The Balaban J connectivity index is 2.46. The van der Waals surface area contributed by atoms with Crippen molar-refractivity contribution in [2.24, 2.45) is 0 Å². The number of nitrogens with one attached hydrogen (secondary N) is 1. The van der Waals surface area contributed by atoms with Gasteiger partial charge in [0.15, 0.2) is 12.4 Å². The first-order valence-electron chi connectivity index (χ1n) is 5.70. The second-order valence-electron chi connectivity index (χ2n) is 4.23. The SMILES string of the molecule is O=c1[nH]c(=O)n(C2OC(CO)C(O)C2F)cc1/C=C/I. The summed E-state index contributed by atoms with van der Waals surface area (Å²) >= 11 is 1.89. The van der Waals surface area contributed by atoms with E-state index in [0.717, 1.165) is 10.8 Å². The first kappa shape index (κ1) is 15.4. The summed E-state index contributed by atoms with van der Waals surface area (Å²) in [6.45, 7) is -0.573. The second kappa shape index (κ2) is 6.16. The number of rotatable bonds is 3. The Hall–Kier alpha value is -1.04. The molecule has 4 atom stereocenters. The standard InChI is InChI=1S/C11H12FIN2O5/c12-7-8(17)6(4-16)20-10(7)15-3-5(1-2-13)9(18)14-11(15)19/h1-3,6-8,10,16-17H,4H2,(H,14,18,19)/b2-1+. The molecular weight excluding hydrogens is 386 g/mol. The zero-order chi connectivity index (χ0) is 14.9. The van der Waals surface area contributed by atoms with Crippen molar-refractivity contribution in [1.82, 2.24) is 9.55 Å². The van der Waals surface area contributed by atoms with Crippen LogP contribution in [0.1, 0.15) is 11.8 Å². The molecule has 0 saturated carbocycles.